The fourth-order valence-electron chi connectivity index (χ4n) is 2.15. The summed E-state index contributed by atoms with van der Waals surface area (Å²) in [6, 6.07) is 7.54. The molecule has 0 aromatic heterocycles. The molecular formula is C12H17FN2. The highest BCUT2D eigenvalue weighted by atomic mass is 19.1. The molecule has 2 rings (SSSR count). The van der Waals surface area contributed by atoms with Crippen molar-refractivity contribution < 1.29 is 4.39 Å². The number of benzene rings is 1. The van der Waals surface area contributed by atoms with E-state index in [9.17, 15) is 4.39 Å². The fraction of sp³-hybridized carbons (Fsp3) is 0.500. The minimum Gasteiger partial charge on any atom is -0.311 e. The predicted molar refractivity (Wildman–Crippen MR) is 59.2 cm³/mol. The van der Waals surface area contributed by atoms with Gasteiger partial charge in [0.05, 0.1) is 0 Å². The summed E-state index contributed by atoms with van der Waals surface area (Å²) in [5.41, 5.74) is 1.16. The van der Waals surface area contributed by atoms with Gasteiger partial charge in [0.15, 0.2) is 0 Å². The predicted octanol–water partition coefficient (Wildman–Crippen LogP) is 1.84. The normalized spacial score (nSPS) is 26.5. The molecule has 82 valence electrons. The standard InChI is InChI=1S/C12H17FN2/c1-2-11-12(15-8-7-14-11)9-3-5-10(13)6-4-9/h3-6,11-12,14-15H,2,7-8H2,1H3. The number of rotatable bonds is 2. The van der Waals surface area contributed by atoms with Gasteiger partial charge in [0.25, 0.3) is 0 Å². The van der Waals surface area contributed by atoms with E-state index < -0.39 is 0 Å². The summed E-state index contributed by atoms with van der Waals surface area (Å²) < 4.78 is 12.8. The number of nitrogens with one attached hydrogen (secondary N) is 2. The van der Waals surface area contributed by atoms with Gasteiger partial charge in [-0.05, 0) is 24.1 Å². The average Bonchev–Trinajstić information content (AvgIpc) is 2.30. The Morgan fingerprint density at radius 2 is 1.87 bits per heavy atom. The summed E-state index contributed by atoms with van der Waals surface area (Å²) in [5.74, 6) is -0.171. The van der Waals surface area contributed by atoms with Gasteiger partial charge in [0.2, 0.25) is 0 Å². The first-order chi connectivity index (χ1) is 7.31. The van der Waals surface area contributed by atoms with Crippen molar-refractivity contribution >= 4 is 0 Å². The lowest BCUT2D eigenvalue weighted by Crippen LogP contribution is -2.50. The van der Waals surface area contributed by atoms with Crippen molar-refractivity contribution in [3.05, 3.63) is 35.6 Å². The van der Waals surface area contributed by atoms with Crippen LogP contribution < -0.4 is 10.6 Å². The van der Waals surface area contributed by atoms with E-state index in [0.29, 0.717) is 12.1 Å². The van der Waals surface area contributed by atoms with Gasteiger partial charge >= 0.3 is 0 Å². The van der Waals surface area contributed by atoms with Crippen LogP contribution in [0.25, 0.3) is 0 Å². The SMILES string of the molecule is CCC1NCCNC1c1ccc(F)cc1. The summed E-state index contributed by atoms with van der Waals surface area (Å²) >= 11 is 0. The maximum atomic E-state index is 12.8. The molecule has 0 radical (unpaired) electrons. The lowest BCUT2D eigenvalue weighted by molar-refractivity contribution is 0.319. The molecule has 1 aliphatic heterocycles. The van der Waals surface area contributed by atoms with Crippen LogP contribution in [0.1, 0.15) is 24.9 Å². The van der Waals surface area contributed by atoms with Crippen LogP contribution in [-0.4, -0.2) is 19.1 Å². The quantitative estimate of drug-likeness (QED) is 0.775. The summed E-state index contributed by atoms with van der Waals surface area (Å²) in [5, 5.41) is 6.95. The molecule has 15 heavy (non-hydrogen) atoms. The number of hydrogen-bond acceptors (Lipinski definition) is 2. The topological polar surface area (TPSA) is 24.1 Å². The average molecular weight is 208 g/mol. The molecule has 2 atom stereocenters. The minimum absolute atomic E-state index is 0.171. The minimum atomic E-state index is -0.171. The van der Waals surface area contributed by atoms with Crippen LogP contribution in [0.2, 0.25) is 0 Å². The van der Waals surface area contributed by atoms with Gasteiger partial charge in [-0.2, -0.15) is 0 Å². The monoisotopic (exact) mass is 208 g/mol. The second kappa shape index (κ2) is 4.73. The van der Waals surface area contributed by atoms with Crippen LogP contribution in [0.15, 0.2) is 24.3 Å². The van der Waals surface area contributed by atoms with Gasteiger partial charge in [-0.1, -0.05) is 19.1 Å². The number of halogens is 1. The summed E-state index contributed by atoms with van der Waals surface area (Å²) in [6.45, 7) is 4.15. The molecule has 2 unspecified atom stereocenters. The molecule has 0 amide bonds. The second-order valence-electron chi connectivity index (χ2n) is 3.95. The Morgan fingerprint density at radius 1 is 1.20 bits per heavy atom. The Labute approximate surface area is 89.9 Å². The molecule has 2 nitrogen and oxygen atoms in total. The highest BCUT2D eigenvalue weighted by Gasteiger charge is 2.23. The zero-order valence-electron chi connectivity index (χ0n) is 8.96. The maximum absolute atomic E-state index is 12.8. The molecular weight excluding hydrogens is 191 g/mol. The summed E-state index contributed by atoms with van der Waals surface area (Å²) in [7, 11) is 0. The van der Waals surface area contributed by atoms with E-state index in [2.05, 4.69) is 17.6 Å². The first-order valence-corrected chi connectivity index (χ1v) is 5.53. The largest absolute Gasteiger partial charge is 0.311 e. The number of hydrogen-bond donors (Lipinski definition) is 2. The van der Waals surface area contributed by atoms with Crippen molar-refractivity contribution in [1.82, 2.24) is 10.6 Å². The Bertz CT molecular complexity index is 310. The van der Waals surface area contributed by atoms with Crippen molar-refractivity contribution in [2.45, 2.75) is 25.4 Å². The molecule has 0 saturated carbocycles. The van der Waals surface area contributed by atoms with Gasteiger partial charge in [0.1, 0.15) is 5.82 Å². The van der Waals surface area contributed by atoms with Crippen molar-refractivity contribution in [3.63, 3.8) is 0 Å². The molecule has 2 N–H and O–H groups in total. The van der Waals surface area contributed by atoms with Gasteiger partial charge < -0.3 is 10.6 Å². The van der Waals surface area contributed by atoms with Crippen molar-refractivity contribution in [3.8, 4) is 0 Å². The zero-order valence-corrected chi connectivity index (χ0v) is 8.96. The molecule has 1 saturated heterocycles. The maximum Gasteiger partial charge on any atom is 0.123 e. The lowest BCUT2D eigenvalue weighted by Gasteiger charge is -2.33. The summed E-state index contributed by atoms with van der Waals surface area (Å²) in [6.07, 6.45) is 1.08. The molecule has 0 aliphatic carbocycles. The Hall–Kier alpha value is -0.930. The van der Waals surface area contributed by atoms with Crippen LogP contribution in [0.3, 0.4) is 0 Å². The molecule has 1 aliphatic rings. The Balaban J connectivity index is 2.16. The van der Waals surface area contributed by atoms with E-state index in [1.165, 1.54) is 12.1 Å². The van der Waals surface area contributed by atoms with E-state index in [4.69, 9.17) is 0 Å². The van der Waals surface area contributed by atoms with Crippen LogP contribution >= 0.6 is 0 Å². The van der Waals surface area contributed by atoms with Crippen LogP contribution in [0.5, 0.6) is 0 Å². The van der Waals surface area contributed by atoms with Gasteiger partial charge in [0, 0.05) is 25.2 Å². The molecule has 0 spiro atoms. The zero-order chi connectivity index (χ0) is 10.7. The molecule has 1 aromatic rings. The van der Waals surface area contributed by atoms with Gasteiger partial charge in [-0.3, -0.25) is 0 Å². The second-order valence-corrected chi connectivity index (χ2v) is 3.95. The highest BCUT2D eigenvalue weighted by molar-refractivity contribution is 5.22. The van der Waals surface area contributed by atoms with E-state index in [1.54, 1.807) is 0 Å². The smallest absolute Gasteiger partial charge is 0.123 e. The third-order valence-corrected chi connectivity index (χ3v) is 2.97. The van der Waals surface area contributed by atoms with Crippen molar-refractivity contribution in [2.75, 3.05) is 13.1 Å². The Kier molecular flexibility index (Phi) is 3.34. The first kappa shape index (κ1) is 10.6. The third-order valence-electron chi connectivity index (χ3n) is 2.97. The van der Waals surface area contributed by atoms with Crippen LogP contribution in [0, 0.1) is 5.82 Å². The van der Waals surface area contributed by atoms with Crippen LogP contribution in [-0.2, 0) is 0 Å². The van der Waals surface area contributed by atoms with Crippen molar-refractivity contribution in [2.24, 2.45) is 0 Å². The molecule has 1 heterocycles. The molecule has 1 aromatic carbocycles. The first-order valence-electron chi connectivity index (χ1n) is 5.53. The van der Waals surface area contributed by atoms with Crippen LogP contribution in [0.4, 0.5) is 4.39 Å². The number of piperazine rings is 1. The highest BCUT2D eigenvalue weighted by Crippen LogP contribution is 2.20. The fourth-order valence-corrected chi connectivity index (χ4v) is 2.15. The van der Waals surface area contributed by atoms with Gasteiger partial charge in [-0.25, -0.2) is 4.39 Å². The van der Waals surface area contributed by atoms with E-state index >= 15 is 0 Å². The third kappa shape index (κ3) is 2.36. The van der Waals surface area contributed by atoms with Crippen molar-refractivity contribution in [1.29, 1.82) is 0 Å². The van der Waals surface area contributed by atoms with E-state index in [1.807, 2.05) is 12.1 Å². The molecule has 3 heteroatoms. The lowest BCUT2D eigenvalue weighted by atomic mass is 9.95. The van der Waals surface area contributed by atoms with Gasteiger partial charge in [-0.15, -0.1) is 0 Å². The Morgan fingerprint density at radius 3 is 2.53 bits per heavy atom. The molecule has 0 bridgehead atoms. The van der Waals surface area contributed by atoms with E-state index in [0.717, 1.165) is 25.1 Å². The molecule has 1 fully saturated rings. The summed E-state index contributed by atoms with van der Waals surface area (Å²) in [4.78, 5) is 0. The van der Waals surface area contributed by atoms with E-state index in [-0.39, 0.29) is 5.82 Å².